The number of aliphatic hydroxyl groups excluding tert-OH is 2. The minimum atomic E-state index is -0.844. The lowest BCUT2D eigenvalue weighted by atomic mass is 10.0. The quantitative estimate of drug-likeness (QED) is 0.0320. The van der Waals surface area contributed by atoms with Crippen molar-refractivity contribution in [3.05, 3.63) is 48.6 Å². The molecule has 6 nitrogen and oxygen atoms in total. The van der Waals surface area contributed by atoms with Crippen LogP contribution < -0.4 is 5.32 Å². The zero-order chi connectivity index (χ0) is 64.9. The highest BCUT2D eigenvalue weighted by atomic mass is 16.5. The molecule has 2 atom stereocenters. The Kier molecular flexibility index (Phi) is 77.3. The molecule has 0 aliphatic carbocycles. The molecular weight excluding hydrogens is 1100 g/mol. The van der Waals surface area contributed by atoms with Crippen LogP contribution in [0.25, 0.3) is 0 Å². The molecule has 90 heavy (non-hydrogen) atoms. The van der Waals surface area contributed by atoms with E-state index in [1.807, 2.05) is 6.08 Å². The zero-order valence-electron chi connectivity index (χ0n) is 60.9. The Balaban J connectivity index is 3.37. The number of rotatable bonds is 77. The lowest BCUT2D eigenvalue weighted by Crippen LogP contribution is -2.45. The van der Waals surface area contributed by atoms with Gasteiger partial charge in [-0.1, -0.05) is 396 Å². The van der Waals surface area contributed by atoms with Crippen molar-refractivity contribution < 1.29 is 24.5 Å². The van der Waals surface area contributed by atoms with Gasteiger partial charge in [-0.3, -0.25) is 9.59 Å². The smallest absolute Gasteiger partial charge is 0.305 e. The van der Waals surface area contributed by atoms with Crippen molar-refractivity contribution in [2.24, 2.45) is 0 Å². The summed E-state index contributed by atoms with van der Waals surface area (Å²) in [6, 6.07) is -0.627. The SMILES string of the molecule is CCCCCCCCC/C=C\CCCCCCCCCC(=O)OCCCCCCCCCCCCCCC/C=C\C/C=C\CCCCCCCCCCCCCCCCCCCC(=O)NC(CO)C(O)/C=C/CCCCCCCCCCCCCCCCCC. The summed E-state index contributed by atoms with van der Waals surface area (Å²) in [4.78, 5) is 24.6. The Morgan fingerprint density at radius 1 is 0.311 bits per heavy atom. The van der Waals surface area contributed by atoms with Crippen LogP contribution in [-0.2, 0) is 14.3 Å². The monoisotopic (exact) mass is 1260 g/mol. The number of hydrogen-bond donors (Lipinski definition) is 3. The summed E-state index contributed by atoms with van der Waals surface area (Å²) in [5, 5.41) is 23.2. The first-order chi connectivity index (χ1) is 44.5. The van der Waals surface area contributed by atoms with Crippen LogP contribution in [0.3, 0.4) is 0 Å². The van der Waals surface area contributed by atoms with Crippen molar-refractivity contribution in [2.75, 3.05) is 13.2 Å². The van der Waals surface area contributed by atoms with Gasteiger partial charge in [0.25, 0.3) is 0 Å². The molecule has 0 aromatic heterocycles. The molecule has 0 saturated heterocycles. The van der Waals surface area contributed by atoms with Crippen LogP contribution in [0.5, 0.6) is 0 Å². The fraction of sp³-hybridized carbons (Fsp3) is 0.881. The third-order valence-corrected chi connectivity index (χ3v) is 19.1. The minimum Gasteiger partial charge on any atom is -0.466 e. The summed E-state index contributed by atoms with van der Waals surface area (Å²) in [5.41, 5.74) is 0. The Labute approximate surface area is 563 Å². The van der Waals surface area contributed by atoms with Crippen LogP contribution >= 0.6 is 0 Å². The number of allylic oxidation sites excluding steroid dienone is 7. The average molecular weight is 1260 g/mol. The van der Waals surface area contributed by atoms with Gasteiger partial charge in [-0.25, -0.2) is 0 Å². The van der Waals surface area contributed by atoms with Crippen molar-refractivity contribution >= 4 is 11.9 Å². The first kappa shape index (κ1) is 87.8. The van der Waals surface area contributed by atoms with E-state index in [-0.39, 0.29) is 18.5 Å². The van der Waals surface area contributed by atoms with Crippen molar-refractivity contribution in [3.63, 3.8) is 0 Å². The van der Waals surface area contributed by atoms with Crippen LogP contribution in [0.15, 0.2) is 48.6 Å². The molecule has 0 heterocycles. The second-order valence-corrected chi connectivity index (χ2v) is 28.1. The maximum absolute atomic E-state index is 12.5. The van der Waals surface area contributed by atoms with E-state index in [0.29, 0.717) is 19.4 Å². The van der Waals surface area contributed by atoms with Gasteiger partial charge in [-0.2, -0.15) is 0 Å². The lowest BCUT2D eigenvalue weighted by Gasteiger charge is -2.20. The van der Waals surface area contributed by atoms with E-state index in [1.165, 1.54) is 372 Å². The summed E-state index contributed by atoms with van der Waals surface area (Å²) in [5.74, 6) is -0.0455. The molecular formula is C84H159NO5. The molecule has 0 radical (unpaired) electrons. The van der Waals surface area contributed by atoms with E-state index in [0.717, 1.165) is 51.4 Å². The molecule has 0 aliphatic rings. The molecule has 530 valence electrons. The number of carbonyl (C=O) groups excluding carboxylic acids is 2. The number of ether oxygens (including phenoxy) is 1. The molecule has 2 unspecified atom stereocenters. The number of esters is 1. The third-order valence-electron chi connectivity index (χ3n) is 19.1. The molecule has 0 spiro atoms. The third kappa shape index (κ3) is 74.9. The average Bonchev–Trinajstić information content (AvgIpc) is 3.69. The highest BCUT2D eigenvalue weighted by Gasteiger charge is 2.18. The Morgan fingerprint density at radius 2 is 0.556 bits per heavy atom. The van der Waals surface area contributed by atoms with Crippen LogP contribution in [0, 0.1) is 0 Å². The van der Waals surface area contributed by atoms with E-state index in [9.17, 15) is 19.8 Å². The maximum Gasteiger partial charge on any atom is 0.305 e. The van der Waals surface area contributed by atoms with Gasteiger partial charge in [0.1, 0.15) is 0 Å². The molecule has 0 bridgehead atoms. The second kappa shape index (κ2) is 79.3. The van der Waals surface area contributed by atoms with Gasteiger partial charge in [0.15, 0.2) is 0 Å². The second-order valence-electron chi connectivity index (χ2n) is 28.1. The molecule has 3 N–H and O–H groups in total. The molecule has 1 amide bonds. The standard InChI is InChI=1S/C84H159NO5/c1-3-5-7-9-11-13-15-17-19-21-44-48-52-56-60-64-68-72-76-82(87)81(80-86)85-83(88)77-73-69-65-61-57-53-49-45-42-40-38-36-34-32-30-28-26-24-23-25-27-29-31-33-35-37-39-41-43-47-51-55-59-63-67-71-75-79-90-84(89)78-74-70-66-62-58-54-50-46-22-20-18-16-14-12-10-8-6-4-2/h20,22-23,25,29,31,72,76,81-82,86-87H,3-19,21,24,26-28,30,32-71,73-75,77-80H2,1-2H3,(H,85,88)/b22-20-,25-23-,31-29-,76-72+. The van der Waals surface area contributed by atoms with Crippen molar-refractivity contribution in [2.45, 2.75) is 463 Å². The van der Waals surface area contributed by atoms with Gasteiger partial charge in [-0.05, 0) is 89.9 Å². The molecule has 0 saturated carbocycles. The topological polar surface area (TPSA) is 95.9 Å². The normalized spacial score (nSPS) is 12.7. The minimum absolute atomic E-state index is 0.0162. The first-order valence-electron chi connectivity index (χ1n) is 40.9. The van der Waals surface area contributed by atoms with Gasteiger partial charge in [0.05, 0.1) is 25.4 Å². The van der Waals surface area contributed by atoms with E-state index < -0.39 is 12.1 Å². The van der Waals surface area contributed by atoms with Gasteiger partial charge in [0.2, 0.25) is 5.91 Å². The predicted molar refractivity (Wildman–Crippen MR) is 398 cm³/mol. The van der Waals surface area contributed by atoms with Gasteiger partial charge >= 0.3 is 5.97 Å². The van der Waals surface area contributed by atoms with Crippen LogP contribution in [-0.4, -0.2) is 47.4 Å². The Bertz CT molecular complexity index is 1500. The van der Waals surface area contributed by atoms with E-state index in [1.54, 1.807) is 6.08 Å². The summed E-state index contributed by atoms with van der Waals surface area (Å²) < 4.78 is 5.51. The van der Waals surface area contributed by atoms with Crippen LogP contribution in [0.1, 0.15) is 450 Å². The Morgan fingerprint density at radius 3 is 0.856 bits per heavy atom. The number of hydrogen-bond acceptors (Lipinski definition) is 5. The summed E-state index contributed by atoms with van der Waals surface area (Å²) >= 11 is 0. The van der Waals surface area contributed by atoms with Gasteiger partial charge in [0, 0.05) is 12.8 Å². The van der Waals surface area contributed by atoms with Crippen LogP contribution in [0.2, 0.25) is 0 Å². The van der Waals surface area contributed by atoms with Gasteiger partial charge in [-0.15, -0.1) is 0 Å². The molecule has 0 fully saturated rings. The number of unbranched alkanes of at least 4 members (excludes halogenated alkanes) is 60. The molecule has 0 aromatic rings. The fourth-order valence-corrected chi connectivity index (χ4v) is 12.8. The highest BCUT2D eigenvalue weighted by Crippen LogP contribution is 2.19. The number of nitrogens with one attached hydrogen (secondary N) is 1. The Hall–Kier alpha value is -2.18. The highest BCUT2D eigenvalue weighted by molar-refractivity contribution is 5.76. The molecule has 0 rings (SSSR count). The van der Waals surface area contributed by atoms with E-state index in [2.05, 4.69) is 55.6 Å². The first-order valence-corrected chi connectivity index (χ1v) is 40.9. The van der Waals surface area contributed by atoms with Crippen molar-refractivity contribution in [1.29, 1.82) is 0 Å². The maximum atomic E-state index is 12.5. The predicted octanol–water partition coefficient (Wildman–Crippen LogP) is 27.2. The van der Waals surface area contributed by atoms with Crippen LogP contribution in [0.4, 0.5) is 0 Å². The van der Waals surface area contributed by atoms with Gasteiger partial charge < -0.3 is 20.3 Å². The van der Waals surface area contributed by atoms with Crippen molar-refractivity contribution in [1.82, 2.24) is 5.32 Å². The lowest BCUT2D eigenvalue weighted by molar-refractivity contribution is -0.143. The summed E-state index contributed by atoms with van der Waals surface area (Å²) in [6.45, 7) is 4.94. The molecule has 6 heteroatoms. The number of amides is 1. The summed E-state index contributed by atoms with van der Waals surface area (Å²) in [6.07, 6.45) is 105. The molecule has 0 aromatic carbocycles. The zero-order valence-corrected chi connectivity index (χ0v) is 60.9. The van der Waals surface area contributed by atoms with E-state index in [4.69, 9.17) is 4.74 Å². The number of aliphatic hydroxyl groups is 2. The summed E-state index contributed by atoms with van der Waals surface area (Å²) in [7, 11) is 0. The fourth-order valence-electron chi connectivity index (χ4n) is 12.8. The number of carbonyl (C=O) groups is 2. The van der Waals surface area contributed by atoms with Crippen molar-refractivity contribution in [3.8, 4) is 0 Å². The molecule has 0 aliphatic heterocycles. The largest absolute Gasteiger partial charge is 0.466 e. The van der Waals surface area contributed by atoms with E-state index >= 15 is 0 Å².